The fourth-order valence-electron chi connectivity index (χ4n) is 2.82. The van der Waals surface area contributed by atoms with Gasteiger partial charge in [0.2, 0.25) is 0 Å². The van der Waals surface area contributed by atoms with Gasteiger partial charge >= 0.3 is 6.09 Å². The topological polar surface area (TPSA) is 95.8 Å². The number of nitrogens with zero attached hydrogens (tertiary/aromatic N) is 3. The molecule has 152 valence electrons. The molecule has 0 atom stereocenters. The van der Waals surface area contributed by atoms with Crippen LogP contribution in [-0.2, 0) is 10.8 Å². The van der Waals surface area contributed by atoms with Gasteiger partial charge in [-0.25, -0.2) is 14.8 Å². The summed E-state index contributed by atoms with van der Waals surface area (Å²) in [5.41, 5.74) is 2.01. The molecule has 0 aliphatic carbocycles. The summed E-state index contributed by atoms with van der Waals surface area (Å²) in [5.74, 6) is 0.889. The van der Waals surface area contributed by atoms with Gasteiger partial charge in [0.25, 0.3) is 0 Å². The van der Waals surface area contributed by atoms with Crippen molar-refractivity contribution in [2.45, 2.75) is 59.3 Å². The van der Waals surface area contributed by atoms with Crippen LogP contribution in [0.2, 0.25) is 0 Å². The first-order valence-corrected chi connectivity index (χ1v) is 9.08. The van der Waals surface area contributed by atoms with Crippen LogP contribution in [0.1, 0.15) is 58.5 Å². The Labute approximate surface area is 166 Å². The van der Waals surface area contributed by atoms with Gasteiger partial charge in [0.1, 0.15) is 17.3 Å². The normalized spacial score (nSPS) is 12.0. The molecule has 7 nitrogen and oxygen atoms in total. The lowest BCUT2D eigenvalue weighted by molar-refractivity contribution is -0.0371. The van der Waals surface area contributed by atoms with E-state index in [1.165, 1.54) is 13.2 Å². The molecule has 1 amide bonds. The van der Waals surface area contributed by atoms with Crippen LogP contribution >= 0.6 is 0 Å². The Morgan fingerprint density at radius 1 is 1.07 bits per heavy atom. The van der Waals surface area contributed by atoms with Crippen molar-refractivity contribution < 1.29 is 19.8 Å². The highest BCUT2D eigenvalue weighted by Gasteiger charge is 2.28. The number of carbonyl (C=O) groups excluding carboxylic acids is 1. The summed E-state index contributed by atoms with van der Waals surface area (Å²) in [6, 6.07) is 3.71. The zero-order valence-electron chi connectivity index (χ0n) is 17.8. The average molecular weight is 387 g/mol. The number of rotatable bonds is 2. The summed E-state index contributed by atoms with van der Waals surface area (Å²) in [7, 11) is 1.17. The maximum Gasteiger partial charge on any atom is 0.439 e. The first-order valence-electron chi connectivity index (χ1n) is 9.08. The Morgan fingerprint density at radius 3 is 2.00 bits per heavy atom. The Kier molecular flexibility index (Phi) is 5.71. The van der Waals surface area contributed by atoms with E-state index in [1.807, 2.05) is 53.7 Å². The standard InChI is InChI=1S/C21H29N3O4/c1-12-22-11-16(28-19(26)24(8)27)17(23-12)13-9-14(20(2,3)4)18(25)15(10-13)21(5,6)7/h9-11,25,27H,1-8H3. The molecule has 0 saturated carbocycles. The Hall–Kier alpha value is -2.67. The molecule has 0 bridgehead atoms. The Bertz CT molecular complexity index is 858. The minimum atomic E-state index is -0.945. The lowest BCUT2D eigenvalue weighted by atomic mass is 9.78. The number of hydrogen-bond donors (Lipinski definition) is 2. The molecule has 1 heterocycles. The fourth-order valence-corrected chi connectivity index (χ4v) is 2.82. The second kappa shape index (κ2) is 7.39. The van der Waals surface area contributed by atoms with Gasteiger partial charge < -0.3 is 9.84 Å². The zero-order valence-corrected chi connectivity index (χ0v) is 17.8. The minimum Gasteiger partial charge on any atom is -0.507 e. The van der Waals surface area contributed by atoms with Gasteiger partial charge in [0.15, 0.2) is 5.75 Å². The zero-order chi connectivity index (χ0) is 21.4. The molecule has 0 aliphatic heterocycles. The highest BCUT2D eigenvalue weighted by Crippen LogP contribution is 2.43. The predicted octanol–water partition coefficient (Wildman–Crippen LogP) is 4.57. The lowest BCUT2D eigenvalue weighted by Gasteiger charge is -2.28. The smallest absolute Gasteiger partial charge is 0.439 e. The molecule has 2 rings (SSSR count). The van der Waals surface area contributed by atoms with E-state index >= 15 is 0 Å². The largest absolute Gasteiger partial charge is 0.507 e. The number of aryl methyl sites for hydroxylation is 1. The van der Waals surface area contributed by atoms with Gasteiger partial charge in [-0.3, -0.25) is 5.21 Å². The summed E-state index contributed by atoms with van der Waals surface area (Å²) in [4.78, 5) is 20.4. The predicted molar refractivity (Wildman–Crippen MR) is 107 cm³/mol. The van der Waals surface area contributed by atoms with Crippen molar-refractivity contribution >= 4 is 6.09 Å². The molecule has 28 heavy (non-hydrogen) atoms. The Balaban J connectivity index is 2.78. The van der Waals surface area contributed by atoms with Crippen molar-refractivity contribution in [3.63, 3.8) is 0 Å². The highest BCUT2D eigenvalue weighted by molar-refractivity contribution is 5.75. The summed E-state index contributed by atoms with van der Waals surface area (Å²) in [6.45, 7) is 13.9. The van der Waals surface area contributed by atoms with Crippen molar-refractivity contribution in [3.05, 3.63) is 35.3 Å². The SMILES string of the molecule is Cc1ncc(OC(=O)N(C)O)c(-c2cc(C(C)(C)C)c(O)c(C(C)(C)C)c2)n1. The van der Waals surface area contributed by atoms with E-state index in [4.69, 9.17) is 4.74 Å². The third kappa shape index (κ3) is 4.59. The quantitative estimate of drug-likeness (QED) is 0.579. The van der Waals surface area contributed by atoms with E-state index < -0.39 is 6.09 Å². The van der Waals surface area contributed by atoms with Crippen LogP contribution in [0.3, 0.4) is 0 Å². The van der Waals surface area contributed by atoms with Gasteiger partial charge in [-0.1, -0.05) is 41.5 Å². The third-order valence-electron chi connectivity index (χ3n) is 4.34. The molecule has 1 aromatic heterocycles. The van der Waals surface area contributed by atoms with Crippen LogP contribution in [0.5, 0.6) is 11.5 Å². The van der Waals surface area contributed by atoms with Gasteiger partial charge in [0.05, 0.1) is 6.20 Å². The van der Waals surface area contributed by atoms with Crippen LogP contribution in [0.4, 0.5) is 4.79 Å². The molecule has 1 aromatic carbocycles. The molecule has 2 N–H and O–H groups in total. The number of phenolic OH excluding ortho intramolecular Hbond substituents is 1. The number of aromatic nitrogens is 2. The molecule has 0 spiro atoms. The van der Waals surface area contributed by atoms with E-state index in [1.54, 1.807) is 6.92 Å². The number of hydrogen-bond acceptors (Lipinski definition) is 6. The van der Waals surface area contributed by atoms with Crippen LogP contribution in [-0.4, -0.2) is 38.5 Å². The second-order valence-electron chi connectivity index (χ2n) is 8.94. The molecule has 0 saturated heterocycles. The lowest BCUT2D eigenvalue weighted by Crippen LogP contribution is -2.26. The van der Waals surface area contributed by atoms with E-state index in [-0.39, 0.29) is 22.3 Å². The van der Waals surface area contributed by atoms with Crippen molar-refractivity contribution in [1.82, 2.24) is 15.0 Å². The fraction of sp³-hybridized carbons (Fsp3) is 0.476. The third-order valence-corrected chi connectivity index (χ3v) is 4.34. The van der Waals surface area contributed by atoms with Crippen molar-refractivity contribution in [3.8, 4) is 22.8 Å². The van der Waals surface area contributed by atoms with E-state index in [9.17, 15) is 15.1 Å². The van der Waals surface area contributed by atoms with Crippen LogP contribution < -0.4 is 4.74 Å². The van der Waals surface area contributed by atoms with Crippen LogP contribution in [0.25, 0.3) is 11.3 Å². The van der Waals surface area contributed by atoms with E-state index in [0.29, 0.717) is 22.1 Å². The van der Waals surface area contributed by atoms with Crippen LogP contribution in [0, 0.1) is 6.92 Å². The molecule has 7 heteroatoms. The molecule has 2 aromatic rings. The first kappa shape index (κ1) is 21.6. The highest BCUT2D eigenvalue weighted by atomic mass is 16.6. The molecular formula is C21H29N3O4. The molecule has 0 aliphatic rings. The number of aromatic hydroxyl groups is 1. The van der Waals surface area contributed by atoms with Crippen LogP contribution in [0.15, 0.2) is 18.3 Å². The van der Waals surface area contributed by atoms with E-state index in [2.05, 4.69) is 9.97 Å². The second-order valence-corrected chi connectivity index (χ2v) is 8.94. The average Bonchev–Trinajstić information content (AvgIpc) is 2.54. The number of phenols is 1. The van der Waals surface area contributed by atoms with Gasteiger partial charge in [-0.05, 0) is 29.9 Å². The number of carbonyl (C=O) groups is 1. The Morgan fingerprint density at radius 2 is 1.57 bits per heavy atom. The number of amides is 1. The maximum atomic E-state index is 11.8. The van der Waals surface area contributed by atoms with E-state index in [0.717, 1.165) is 11.1 Å². The number of benzene rings is 1. The number of ether oxygens (including phenoxy) is 1. The summed E-state index contributed by atoms with van der Waals surface area (Å²) >= 11 is 0. The molecule has 0 unspecified atom stereocenters. The summed E-state index contributed by atoms with van der Waals surface area (Å²) in [5, 5.41) is 20.6. The summed E-state index contributed by atoms with van der Waals surface area (Å²) in [6.07, 6.45) is 0.457. The van der Waals surface area contributed by atoms with Crippen molar-refractivity contribution in [2.75, 3.05) is 7.05 Å². The van der Waals surface area contributed by atoms with Gasteiger partial charge in [-0.15, -0.1) is 0 Å². The van der Waals surface area contributed by atoms with Crippen molar-refractivity contribution in [1.29, 1.82) is 0 Å². The molecule has 0 fully saturated rings. The van der Waals surface area contributed by atoms with Crippen molar-refractivity contribution in [2.24, 2.45) is 0 Å². The monoisotopic (exact) mass is 387 g/mol. The molecule has 0 radical (unpaired) electrons. The number of hydroxylamine groups is 2. The summed E-state index contributed by atoms with van der Waals surface area (Å²) < 4.78 is 5.25. The van der Waals surface area contributed by atoms with Gasteiger partial charge in [0, 0.05) is 23.7 Å². The first-order chi connectivity index (χ1) is 12.7. The van der Waals surface area contributed by atoms with Gasteiger partial charge in [-0.2, -0.15) is 5.06 Å². The maximum absolute atomic E-state index is 11.8. The molecular weight excluding hydrogens is 358 g/mol. The minimum absolute atomic E-state index is 0.127.